The monoisotopic (exact) mass is 397 g/mol. The Morgan fingerprint density at radius 3 is 2.00 bits per heavy atom. The zero-order valence-electron chi connectivity index (χ0n) is 17.2. The average molecular weight is 397 g/mol. The topological polar surface area (TPSA) is 96.5 Å². The van der Waals surface area contributed by atoms with Gasteiger partial charge in [-0.2, -0.15) is 0 Å². The van der Waals surface area contributed by atoms with E-state index < -0.39 is 17.6 Å². The van der Waals surface area contributed by atoms with E-state index in [0.29, 0.717) is 11.4 Å². The largest absolute Gasteiger partial charge is 0.444 e. The molecule has 0 spiro atoms. The maximum absolute atomic E-state index is 12.4. The van der Waals surface area contributed by atoms with Crippen LogP contribution in [0.5, 0.6) is 0 Å². The fraction of sp³-hybridized carbons (Fsp3) is 0.318. The minimum atomic E-state index is -0.674. The lowest BCUT2D eigenvalue weighted by Gasteiger charge is -2.19. The fourth-order valence-corrected chi connectivity index (χ4v) is 2.54. The molecule has 7 nitrogen and oxygen atoms in total. The Balaban J connectivity index is 1.94. The van der Waals surface area contributed by atoms with Crippen LogP contribution in [0.4, 0.5) is 16.2 Å². The molecule has 2 rings (SSSR count). The molecule has 0 atom stereocenters. The van der Waals surface area contributed by atoms with Gasteiger partial charge in [-0.15, -0.1) is 0 Å². The Morgan fingerprint density at radius 1 is 0.862 bits per heavy atom. The van der Waals surface area contributed by atoms with E-state index in [2.05, 4.69) is 16.0 Å². The third-order valence-electron chi connectivity index (χ3n) is 3.88. The molecule has 0 aliphatic carbocycles. The van der Waals surface area contributed by atoms with Gasteiger partial charge >= 0.3 is 6.09 Å². The molecule has 0 heterocycles. The molecule has 29 heavy (non-hydrogen) atoms. The normalized spacial score (nSPS) is 10.8. The van der Waals surface area contributed by atoms with Crippen LogP contribution in [-0.2, 0) is 20.7 Å². The predicted molar refractivity (Wildman–Crippen MR) is 113 cm³/mol. The summed E-state index contributed by atoms with van der Waals surface area (Å²) in [6.45, 7) is 6.92. The summed E-state index contributed by atoms with van der Waals surface area (Å²) in [6, 6.07) is 14.6. The van der Waals surface area contributed by atoms with Crippen LogP contribution in [0.1, 0.15) is 31.9 Å². The van der Waals surface area contributed by atoms with Crippen LogP contribution < -0.4 is 16.0 Å². The van der Waals surface area contributed by atoms with Crippen molar-refractivity contribution in [3.8, 4) is 0 Å². The number of carbonyl (C=O) groups is 3. The first-order chi connectivity index (χ1) is 13.6. The lowest BCUT2D eigenvalue weighted by Crippen LogP contribution is -2.37. The van der Waals surface area contributed by atoms with Crippen LogP contribution in [0.25, 0.3) is 0 Å². The molecular weight excluding hydrogens is 370 g/mol. The van der Waals surface area contributed by atoms with Crippen molar-refractivity contribution in [3.05, 3.63) is 59.7 Å². The van der Waals surface area contributed by atoms with E-state index in [1.54, 1.807) is 45.0 Å². The van der Waals surface area contributed by atoms with Crippen molar-refractivity contribution in [2.45, 2.75) is 39.7 Å². The number of hydrogen-bond donors (Lipinski definition) is 3. The third-order valence-corrected chi connectivity index (χ3v) is 3.88. The molecule has 3 N–H and O–H groups in total. The number of aryl methyl sites for hydroxylation is 1. The number of ether oxygens (including phenoxy) is 1. The zero-order chi connectivity index (χ0) is 21.4. The zero-order valence-corrected chi connectivity index (χ0v) is 17.2. The number of carbonyl (C=O) groups excluding carboxylic acids is 3. The molecular formula is C22H27N3O4. The quantitative estimate of drug-likeness (QED) is 0.693. The van der Waals surface area contributed by atoms with Gasteiger partial charge in [0, 0.05) is 0 Å². The molecule has 3 amide bonds. The van der Waals surface area contributed by atoms with E-state index >= 15 is 0 Å². The Bertz CT molecular complexity index is 888. The van der Waals surface area contributed by atoms with Gasteiger partial charge in [-0.1, -0.05) is 36.4 Å². The number of hydrogen-bond acceptors (Lipinski definition) is 4. The van der Waals surface area contributed by atoms with Gasteiger partial charge in [0.1, 0.15) is 12.1 Å². The number of nitrogens with one attached hydrogen (secondary N) is 3. The van der Waals surface area contributed by atoms with E-state index in [1.165, 1.54) is 0 Å². The van der Waals surface area contributed by atoms with Crippen LogP contribution in [-0.4, -0.2) is 30.1 Å². The fourth-order valence-electron chi connectivity index (χ4n) is 2.54. The van der Waals surface area contributed by atoms with Crippen LogP contribution in [0.2, 0.25) is 0 Å². The summed E-state index contributed by atoms with van der Waals surface area (Å²) < 4.78 is 5.09. The van der Waals surface area contributed by atoms with Crippen molar-refractivity contribution in [3.63, 3.8) is 0 Å². The summed E-state index contributed by atoms with van der Waals surface area (Å²) in [5.41, 5.74) is 2.26. The lowest BCUT2D eigenvalue weighted by molar-refractivity contribution is -0.116. The molecule has 7 heteroatoms. The first kappa shape index (κ1) is 21.9. The second-order valence-corrected chi connectivity index (χ2v) is 7.60. The summed E-state index contributed by atoms with van der Waals surface area (Å²) in [5, 5.41) is 7.91. The first-order valence-electron chi connectivity index (χ1n) is 9.34. The second-order valence-electron chi connectivity index (χ2n) is 7.60. The van der Waals surface area contributed by atoms with Gasteiger partial charge < -0.3 is 20.7 Å². The molecule has 2 aromatic rings. The minimum absolute atomic E-state index is 0.187. The Morgan fingerprint density at radius 2 is 1.41 bits per heavy atom. The van der Waals surface area contributed by atoms with Gasteiger partial charge in [-0.25, -0.2) is 4.79 Å². The van der Waals surface area contributed by atoms with E-state index in [-0.39, 0.29) is 18.9 Å². The number of anilines is 2. The maximum Gasteiger partial charge on any atom is 0.408 e. The smallest absolute Gasteiger partial charge is 0.408 e. The van der Waals surface area contributed by atoms with E-state index in [4.69, 9.17) is 4.74 Å². The number of rotatable bonds is 6. The van der Waals surface area contributed by atoms with Crippen molar-refractivity contribution >= 4 is 29.3 Å². The van der Waals surface area contributed by atoms with Gasteiger partial charge in [-0.3, -0.25) is 9.59 Å². The summed E-state index contributed by atoms with van der Waals surface area (Å²) >= 11 is 0. The second kappa shape index (κ2) is 9.73. The number of alkyl carbamates (subject to hydrolysis) is 1. The highest BCUT2D eigenvalue weighted by Gasteiger charge is 2.17. The molecule has 154 valence electrons. The molecule has 0 unspecified atom stereocenters. The average Bonchev–Trinajstić information content (AvgIpc) is 2.62. The van der Waals surface area contributed by atoms with Crippen molar-refractivity contribution in [1.82, 2.24) is 5.32 Å². The van der Waals surface area contributed by atoms with Gasteiger partial charge in [0.25, 0.3) is 0 Å². The van der Waals surface area contributed by atoms with E-state index in [0.717, 1.165) is 11.1 Å². The Hall–Kier alpha value is -3.35. The molecule has 0 aliphatic heterocycles. The predicted octanol–water partition coefficient (Wildman–Crippen LogP) is 3.64. The number of para-hydroxylation sites is 2. The lowest BCUT2D eigenvalue weighted by atomic mass is 10.1. The summed E-state index contributed by atoms with van der Waals surface area (Å²) in [4.78, 5) is 36.2. The van der Waals surface area contributed by atoms with Gasteiger partial charge in [0.15, 0.2) is 0 Å². The highest BCUT2D eigenvalue weighted by Crippen LogP contribution is 2.21. The van der Waals surface area contributed by atoms with Gasteiger partial charge in [0.2, 0.25) is 11.8 Å². The minimum Gasteiger partial charge on any atom is -0.444 e. The van der Waals surface area contributed by atoms with Crippen molar-refractivity contribution < 1.29 is 19.1 Å². The van der Waals surface area contributed by atoms with Crippen LogP contribution >= 0.6 is 0 Å². The SMILES string of the molecule is Cc1ccccc1CC(=O)Nc1ccccc1NC(=O)CNC(=O)OC(C)(C)C. The first-order valence-corrected chi connectivity index (χ1v) is 9.34. The summed E-state index contributed by atoms with van der Waals surface area (Å²) in [6.07, 6.45) is -0.442. The third kappa shape index (κ3) is 7.65. The molecule has 0 saturated carbocycles. The Labute approximate surface area is 170 Å². The van der Waals surface area contributed by atoms with Gasteiger partial charge in [0.05, 0.1) is 17.8 Å². The molecule has 0 bridgehead atoms. The molecule has 0 radical (unpaired) electrons. The number of amides is 3. The van der Waals surface area contributed by atoms with Crippen LogP contribution in [0.3, 0.4) is 0 Å². The molecule has 0 fully saturated rings. The molecule has 0 saturated heterocycles. The highest BCUT2D eigenvalue weighted by atomic mass is 16.6. The van der Waals surface area contributed by atoms with Gasteiger partial charge in [-0.05, 0) is 51.0 Å². The van der Waals surface area contributed by atoms with E-state index in [1.807, 2.05) is 31.2 Å². The summed E-state index contributed by atoms with van der Waals surface area (Å²) in [5.74, 6) is -0.621. The highest BCUT2D eigenvalue weighted by molar-refractivity contribution is 6.01. The van der Waals surface area contributed by atoms with E-state index in [9.17, 15) is 14.4 Å². The summed E-state index contributed by atoms with van der Waals surface area (Å²) in [7, 11) is 0. The maximum atomic E-state index is 12.4. The van der Waals surface area contributed by atoms with Crippen molar-refractivity contribution in [2.24, 2.45) is 0 Å². The van der Waals surface area contributed by atoms with Crippen LogP contribution in [0.15, 0.2) is 48.5 Å². The molecule has 0 aromatic heterocycles. The standard InChI is InChI=1S/C22H27N3O4/c1-15-9-5-6-10-16(15)13-19(26)24-17-11-7-8-12-18(17)25-20(27)14-23-21(28)29-22(2,3)4/h5-12H,13-14H2,1-4H3,(H,23,28)(H,24,26)(H,25,27). The molecule has 0 aliphatic rings. The van der Waals surface area contributed by atoms with Crippen LogP contribution in [0, 0.1) is 6.92 Å². The van der Waals surface area contributed by atoms with Crippen molar-refractivity contribution in [2.75, 3.05) is 17.2 Å². The Kier molecular flexibility index (Phi) is 7.36. The number of benzene rings is 2. The molecule has 2 aromatic carbocycles. The van der Waals surface area contributed by atoms with Crippen molar-refractivity contribution in [1.29, 1.82) is 0 Å².